The number of methoxy groups -OCH3 is 2. The number of hydrogen-bond acceptors (Lipinski definition) is 7. The standard InChI is InChI=1S/C20H21NO7/c1-12(28-16-6-4-13(20(23)25-3)10-17(16)24-2)19(22)21-14-5-7-15-18(11-14)27-9-8-26-15/h4-7,10-12H,8-9H2,1-3H3,(H,21,22)/t12-/m0/s1. The molecule has 0 radical (unpaired) electrons. The highest BCUT2D eigenvalue weighted by atomic mass is 16.6. The highest BCUT2D eigenvalue weighted by Crippen LogP contribution is 2.33. The number of ether oxygens (including phenoxy) is 5. The van der Waals surface area contributed by atoms with Gasteiger partial charge in [0.25, 0.3) is 5.91 Å². The van der Waals surface area contributed by atoms with Crippen molar-refractivity contribution >= 4 is 17.6 Å². The van der Waals surface area contributed by atoms with Gasteiger partial charge in [-0.3, -0.25) is 4.79 Å². The van der Waals surface area contributed by atoms with Gasteiger partial charge in [0.2, 0.25) is 0 Å². The van der Waals surface area contributed by atoms with E-state index < -0.39 is 12.1 Å². The van der Waals surface area contributed by atoms with Crippen LogP contribution in [0.25, 0.3) is 0 Å². The van der Waals surface area contributed by atoms with Gasteiger partial charge in [0.15, 0.2) is 29.1 Å². The Bertz CT molecular complexity index is 881. The Morgan fingerprint density at radius 3 is 2.46 bits per heavy atom. The van der Waals surface area contributed by atoms with Crippen molar-refractivity contribution in [1.29, 1.82) is 0 Å². The van der Waals surface area contributed by atoms with Crippen LogP contribution >= 0.6 is 0 Å². The summed E-state index contributed by atoms with van der Waals surface area (Å²) < 4.78 is 26.6. The summed E-state index contributed by atoms with van der Waals surface area (Å²) in [6.45, 7) is 2.58. The largest absolute Gasteiger partial charge is 0.493 e. The molecule has 0 fully saturated rings. The van der Waals surface area contributed by atoms with Gasteiger partial charge in [0.05, 0.1) is 19.8 Å². The van der Waals surface area contributed by atoms with Gasteiger partial charge in [-0.15, -0.1) is 0 Å². The lowest BCUT2D eigenvalue weighted by molar-refractivity contribution is -0.122. The Balaban J connectivity index is 1.68. The fraction of sp³-hybridized carbons (Fsp3) is 0.300. The van der Waals surface area contributed by atoms with E-state index in [2.05, 4.69) is 10.1 Å². The lowest BCUT2D eigenvalue weighted by Crippen LogP contribution is -2.30. The van der Waals surface area contributed by atoms with E-state index in [1.165, 1.54) is 26.4 Å². The first-order chi connectivity index (χ1) is 13.5. The lowest BCUT2D eigenvalue weighted by atomic mass is 10.2. The summed E-state index contributed by atoms with van der Waals surface area (Å²) in [5.74, 6) is 1.04. The van der Waals surface area contributed by atoms with Crippen molar-refractivity contribution in [1.82, 2.24) is 0 Å². The number of benzene rings is 2. The van der Waals surface area contributed by atoms with Gasteiger partial charge in [-0.1, -0.05) is 0 Å². The summed E-state index contributed by atoms with van der Waals surface area (Å²) in [6, 6.07) is 9.75. The SMILES string of the molecule is COC(=O)c1ccc(O[C@@H](C)C(=O)Nc2ccc3c(c2)OCCO3)c(OC)c1. The molecule has 2 aromatic rings. The molecule has 1 amide bonds. The first-order valence-electron chi connectivity index (χ1n) is 8.65. The lowest BCUT2D eigenvalue weighted by Gasteiger charge is -2.20. The number of fused-ring (bicyclic) bond motifs is 1. The van der Waals surface area contributed by atoms with Crippen LogP contribution < -0.4 is 24.3 Å². The highest BCUT2D eigenvalue weighted by Gasteiger charge is 2.20. The van der Waals surface area contributed by atoms with E-state index in [4.69, 9.17) is 18.9 Å². The van der Waals surface area contributed by atoms with Gasteiger partial charge >= 0.3 is 5.97 Å². The van der Waals surface area contributed by atoms with Gasteiger partial charge in [-0.05, 0) is 37.3 Å². The molecule has 0 aromatic heterocycles. The highest BCUT2D eigenvalue weighted by molar-refractivity contribution is 5.94. The number of carbonyl (C=O) groups excluding carboxylic acids is 2. The minimum absolute atomic E-state index is 0.320. The number of amides is 1. The van der Waals surface area contributed by atoms with E-state index in [9.17, 15) is 9.59 Å². The maximum atomic E-state index is 12.5. The average Bonchev–Trinajstić information content (AvgIpc) is 2.73. The molecule has 0 bridgehead atoms. The third-order valence-electron chi connectivity index (χ3n) is 4.07. The second kappa shape index (κ2) is 8.51. The topological polar surface area (TPSA) is 92.3 Å². The molecule has 8 heteroatoms. The minimum Gasteiger partial charge on any atom is -0.493 e. The summed E-state index contributed by atoms with van der Waals surface area (Å²) in [6.07, 6.45) is -0.814. The molecule has 8 nitrogen and oxygen atoms in total. The number of hydrogen-bond donors (Lipinski definition) is 1. The second-order valence-corrected chi connectivity index (χ2v) is 5.96. The van der Waals surface area contributed by atoms with Crippen molar-refractivity contribution in [2.45, 2.75) is 13.0 Å². The molecular formula is C20H21NO7. The van der Waals surface area contributed by atoms with Gasteiger partial charge in [-0.25, -0.2) is 4.79 Å². The van der Waals surface area contributed by atoms with Crippen LogP contribution in [0.1, 0.15) is 17.3 Å². The van der Waals surface area contributed by atoms with Crippen molar-refractivity contribution in [2.75, 3.05) is 32.8 Å². The van der Waals surface area contributed by atoms with Crippen LogP contribution in [0.15, 0.2) is 36.4 Å². The molecule has 1 aliphatic rings. The smallest absolute Gasteiger partial charge is 0.337 e. The van der Waals surface area contributed by atoms with E-state index in [-0.39, 0.29) is 5.91 Å². The van der Waals surface area contributed by atoms with Crippen molar-refractivity contribution in [2.24, 2.45) is 0 Å². The molecule has 0 unspecified atom stereocenters. The molecule has 0 aliphatic carbocycles. The number of rotatable bonds is 6. The molecule has 0 saturated heterocycles. The molecule has 2 aromatic carbocycles. The fourth-order valence-electron chi connectivity index (χ4n) is 2.62. The summed E-state index contributed by atoms with van der Waals surface area (Å²) >= 11 is 0. The van der Waals surface area contributed by atoms with E-state index >= 15 is 0 Å². The molecule has 1 aliphatic heterocycles. The zero-order valence-corrected chi connectivity index (χ0v) is 15.8. The third kappa shape index (κ3) is 4.28. The van der Waals surface area contributed by atoms with Crippen LogP contribution in [0.4, 0.5) is 5.69 Å². The maximum absolute atomic E-state index is 12.5. The van der Waals surface area contributed by atoms with Crippen LogP contribution in [-0.4, -0.2) is 45.4 Å². The Morgan fingerprint density at radius 2 is 1.75 bits per heavy atom. The zero-order chi connectivity index (χ0) is 20.1. The molecule has 148 valence electrons. The third-order valence-corrected chi connectivity index (χ3v) is 4.07. The molecule has 1 heterocycles. The number of anilines is 1. The van der Waals surface area contributed by atoms with Crippen LogP contribution in [0.5, 0.6) is 23.0 Å². The van der Waals surface area contributed by atoms with E-state index in [1.54, 1.807) is 31.2 Å². The molecule has 1 N–H and O–H groups in total. The van der Waals surface area contributed by atoms with Crippen LogP contribution in [0.2, 0.25) is 0 Å². The van der Waals surface area contributed by atoms with E-state index in [0.717, 1.165) is 0 Å². The van der Waals surface area contributed by atoms with Crippen molar-refractivity contribution in [3.63, 3.8) is 0 Å². The summed E-state index contributed by atoms with van der Waals surface area (Å²) in [5.41, 5.74) is 0.887. The molecular weight excluding hydrogens is 366 g/mol. The second-order valence-electron chi connectivity index (χ2n) is 5.96. The molecule has 3 rings (SSSR count). The fourth-order valence-corrected chi connectivity index (χ4v) is 2.62. The Morgan fingerprint density at radius 1 is 1.00 bits per heavy atom. The Labute approximate surface area is 162 Å². The predicted octanol–water partition coefficient (Wildman–Crippen LogP) is 2.66. The van der Waals surface area contributed by atoms with Crippen molar-refractivity contribution in [3.8, 4) is 23.0 Å². The number of nitrogens with one attached hydrogen (secondary N) is 1. The van der Waals surface area contributed by atoms with Gasteiger partial charge in [0, 0.05) is 11.8 Å². The first-order valence-corrected chi connectivity index (χ1v) is 8.65. The number of esters is 1. The van der Waals surface area contributed by atoms with Gasteiger partial charge in [-0.2, -0.15) is 0 Å². The van der Waals surface area contributed by atoms with Crippen molar-refractivity contribution < 1.29 is 33.3 Å². The van der Waals surface area contributed by atoms with E-state index in [0.29, 0.717) is 47.5 Å². The zero-order valence-electron chi connectivity index (χ0n) is 15.8. The molecule has 1 atom stereocenters. The maximum Gasteiger partial charge on any atom is 0.337 e. The predicted molar refractivity (Wildman–Crippen MR) is 100 cm³/mol. The van der Waals surface area contributed by atoms with Crippen molar-refractivity contribution in [3.05, 3.63) is 42.0 Å². The van der Waals surface area contributed by atoms with Gasteiger partial charge in [0.1, 0.15) is 13.2 Å². The summed E-state index contributed by atoms with van der Waals surface area (Å²) in [5, 5.41) is 2.77. The van der Waals surface area contributed by atoms with E-state index in [1.807, 2.05) is 0 Å². The van der Waals surface area contributed by atoms with Crippen LogP contribution in [0, 0.1) is 0 Å². The average molecular weight is 387 g/mol. The monoisotopic (exact) mass is 387 g/mol. The Kier molecular flexibility index (Phi) is 5.88. The molecule has 28 heavy (non-hydrogen) atoms. The minimum atomic E-state index is -0.814. The normalized spacial score (nSPS) is 13.2. The summed E-state index contributed by atoms with van der Waals surface area (Å²) in [7, 11) is 2.74. The number of carbonyl (C=O) groups is 2. The molecule has 0 saturated carbocycles. The summed E-state index contributed by atoms with van der Waals surface area (Å²) in [4.78, 5) is 24.1. The van der Waals surface area contributed by atoms with Crippen LogP contribution in [0.3, 0.4) is 0 Å². The van der Waals surface area contributed by atoms with Crippen LogP contribution in [-0.2, 0) is 9.53 Å². The molecule has 0 spiro atoms. The Hall–Kier alpha value is -3.42. The quantitative estimate of drug-likeness (QED) is 0.762. The first kappa shape index (κ1) is 19.3. The van der Waals surface area contributed by atoms with Gasteiger partial charge < -0.3 is 29.0 Å².